The summed E-state index contributed by atoms with van der Waals surface area (Å²) in [7, 11) is 0. The lowest BCUT2D eigenvalue weighted by atomic mass is 10.3. The zero-order valence-electron chi connectivity index (χ0n) is 10.6. The molecule has 5 heteroatoms. The fourth-order valence-electron chi connectivity index (χ4n) is 2.08. The van der Waals surface area contributed by atoms with Crippen molar-refractivity contribution in [2.75, 3.05) is 5.32 Å². The van der Waals surface area contributed by atoms with Gasteiger partial charge in [0.2, 0.25) is 0 Å². The van der Waals surface area contributed by atoms with E-state index in [-0.39, 0.29) is 5.91 Å². The minimum atomic E-state index is -0.111. The lowest BCUT2D eigenvalue weighted by Gasteiger charge is -2.09. The third kappa shape index (κ3) is 2.49. The highest BCUT2D eigenvalue weighted by atomic mass is 35.5. The molecule has 1 aliphatic rings. The summed E-state index contributed by atoms with van der Waals surface area (Å²) in [5.74, 6) is -0.111. The molecule has 1 N–H and O–H groups in total. The molecular weight excluding hydrogens is 262 g/mol. The second-order valence-corrected chi connectivity index (χ2v) is 5.18. The molecule has 2 aromatic heterocycles. The van der Waals surface area contributed by atoms with E-state index in [0.717, 1.165) is 18.4 Å². The van der Waals surface area contributed by atoms with Crippen molar-refractivity contribution in [3.8, 4) is 0 Å². The highest BCUT2D eigenvalue weighted by Gasteiger charge is 2.26. The average molecular weight is 276 g/mol. The summed E-state index contributed by atoms with van der Waals surface area (Å²) in [5.41, 5.74) is 2.20. The molecule has 0 aromatic carbocycles. The van der Waals surface area contributed by atoms with E-state index < -0.39 is 0 Å². The summed E-state index contributed by atoms with van der Waals surface area (Å²) in [5, 5.41) is 3.31. The van der Waals surface area contributed by atoms with E-state index in [2.05, 4.69) is 10.3 Å². The van der Waals surface area contributed by atoms with Gasteiger partial charge in [0.1, 0.15) is 10.8 Å². The zero-order valence-corrected chi connectivity index (χ0v) is 11.3. The van der Waals surface area contributed by atoms with Crippen molar-refractivity contribution < 1.29 is 4.79 Å². The van der Waals surface area contributed by atoms with E-state index in [1.54, 1.807) is 6.20 Å². The van der Waals surface area contributed by atoms with Crippen molar-refractivity contribution in [2.45, 2.75) is 25.8 Å². The number of carbonyl (C=O) groups is 1. The van der Waals surface area contributed by atoms with Gasteiger partial charge in [0.15, 0.2) is 0 Å². The van der Waals surface area contributed by atoms with Crippen molar-refractivity contribution in [3.05, 3.63) is 47.0 Å². The summed E-state index contributed by atoms with van der Waals surface area (Å²) in [4.78, 5) is 16.3. The summed E-state index contributed by atoms with van der Waals surface area (Å²) in [6.45, 7) is 1.86. The Morgan fingerprint density at radius 1 is 1.53 bits per heavy atom. The van der Waals surface area contributed by atoms with Crippen LogP contribution < -0.4 is 5.32 Å². The van der Waals surface area contributed by atoms with Crippen LogP contribution in [0, 0.1) is 6.92 Å². The van der Waals surface area contributed by atoms with Gasteiger partial charge in [0.05, 0.1) is 11.9 Å². The van der Waals surface area contributed by atoms with Gasteiger partial charge in [-0.25, -0.2) is 4.98 Å². The van der Waals surface area contributed by atoms with Crippen LogP contribution >= 0.6 is 11.6 Å². The van der Waals surface area contributed by atoms with Crippen molar-refractivity contribution in [3.63, 3.8) is 0 Å². The number of aryl methyl sites for hydroxylation is 1. The van der Waals surface area contributed by atoms with Crippen molar-refractivity contribution in [2.24, 2.45) is 0 Å². The Kier molecular flexibility index (Phi) is 3.03. The fourth-order valence-corrected chi connectivity index (χ4v) is 2.18. The number of hydrogen-bond acceptors (Lipinski definition) is 2. The van der Waals surface area contributed by atoms with Crippen LogP contribution in [0.4, 0.5) is 5.69 Å². The lowest BCUT2D eigenvalue weighted by Crippen LogP contribution is -2.16. The molecule has 4 nitrogen and oxygen atoms in total. The van der Waals surface area contributed by atoms with E-state index in [9.17, 15) is 4.79 Å². The second kappa shape index (κ2) is 4.70. The van der Waals surface area contributed by atoms with E-state index in [1.807, 2.05) is 35.9 Å². The van der Waals surface area contributed by atoms with E-state index >= 15 is 0 Å². The van der Waals surface area contributed by atoms with Gasteiger partial charge in [0, 0.05) is 12.2 Å². The molecule has 3 rings (SSSR count). The minimum Gasteiger partial charge on any atom is -0.340 e. The Labute approximate surface area is 116 Å². The summed E-state index contributed by atoms with van der Waals surface area (Å²) >= 11 is 5.86. The monoisotopic (exact) mass is 275 g/mol. The third-order valence-corrected chi connectivity index (χ3v) is 3.62. The van der Waals surface area contributed by atoms with Gasteiger partial charge in [-0.15, -0.1) is 0 Å². The van der Waals surface area contributed by atoms with Crippen LogP contribution in [-0.2, 0) is 0 Å². The van der Waals surface area contributed by atoms with Crippen molar-refractivity contribution in [1.82, 2.24) is 9.55 Å². The van der Waals surface area contributed by atoms with Crippen LogP contribution in [0.1, 0.15) is 34.9 Å². The molecule has 1 saturated carbocycles. The highest BCUT2D eigenvalue weighted by Crippen LogP contribution is 2.36. The molecule has 98 valence electrons. The minimum absolute atomic E-state index is 0.111. The smallest absolute Gasteiger partial charge is 0.272 e. The van der Waals surface area contributed by atoms with Gasteiger partial charge >= 0.3 is 0 Å². The summed E-state index contributed by atoms with van der Waals surface area (Å²) in [6, 6.07) is 6.04. The topological polar surface area (TPSA) is 46.9 Å². The molecule has 2 aromatic rings. The zero-order chi connectivity index (χ0) is 13.4. The van der Waals surface area contributed by atoms with Gasteiger partial charge in [-0.1, -0.05) is 11.6 Å². The Balaban J connectivity index is 1.80. The van der Waals surface area contributed by atoms with Crippen LogP contribution in [-0.4, -0.2) is 15.5 Å². The first-order valence-electron chi connectivity index (χ1n) is 6.25. The first-order chi connectivity index (χ1) is 9.15. The maximum Gasteiger partial charge on any atom is 0.272 e. The van der Waals surface area contributed by atoms with Gasteiger partial charge in [0.25, 0.3) is 5.91 Å². The molecule has 0 spiro atoms. The molecule has 0 bridgehead atoms. The predicted octanol–water partition coefficient (Wildman–Crippen LogP) is 3.43. The second-order valence-electron chi connectivity index (χ2n) is 4.82. The lowest BCUT2D eigenvalue weighted by molar-refractivity contribution is 0.101. The third-order valence-electron chi connectivity index (χ3n) is 3.22. The fraction of sp³-hybridized carbons (Fsp3) is 0.286. The number of nitrogens with zero attached hydrogens (tertiary/aromatic N) is 2. The van der Waals surface area contributed by atoms with Crippen LogP contribution in [0.15, 0.2) is 30.6 Å². The Bertz CT molecular complexity index is 631. The van der Waals surface area contributed by atoms with Crippen molar-refractivity contribution in [1.29, 1.82) is 0 Å². The van der Waals surface area contributed by atoms with Crippen LogP contribution in [0.5, 0.6) is 0 Å². The molecular formula is C14H14ClN3O. The highest BCUT2D eigenvalue weighted by molar-refractivity contribution is 6.30. The Morgan fingerprint density at radius 2 is 2.32 bits per heavy atom. The maximum absolute atomic E-state index is 12.2. The molecule has 2 heterocycles. The number of aromatic nitrogens is 2. The standard InChI is InChI=1S/C14H14ClN3O/c1-9-7-10(8-16-13(9)15)17-14(19)12-3-2-6-18(12)11-4-5-11/h2-3,6-8,11H,4-5H2,1H3,(H,17,19). The Hall–Kier alpha value is -1.81. The summed E-state index contributed by atoms with van der Waals surface area (Å²) < 4.78 is 2.03. The van der Waals surface area contributed by atoms with Crippen LogP contribution in [0.25, 0.3) is 0 Å². The number of rotatable bonds is 3. The number of amides is 1. The number of nitrogens with one attached hydrogen (secondary N) is 1. The molecule has 1 aliphatic carbocycles. The molecule has 0 radical (unpaired) electrons. The number of carbonyl (C=O) groups excluding carboxylic acids is 1. The normalized spacial score (nSPS) is 14.4. The first kappa shape index (κ1) is 12.2. The molecule has 0 unspecified atom stereocenters. The van der Waals surface area contributed by atoms with Gasteiger partial charge < -0.3 is 9.88 Å². The Morgan fingerprint density at radius 3 is 3.00 bits per heavy atom. The molecule has 0 atom stereocenters. The molecule has 1 amide bonds. The number of anilines is 1. The van der Waals surface area contributed by atoms with Gasteiger partial charge in [-0.05, 0) is 43.5 Å². The van der Waals surface area contributed by atoms with Gasteiger partial charge in [-0.2, -0.15) is 0 Å². The number of hydrogen-bond donors (Lipinski definition) is 1. The molecule has 19 heavy (non-hydrogen) atoms. The van der Waals surface area contributed by atoms with E-state index in [4.69, 9.17) is 11.6 Å². The van der Waals surface area contributed by atoms with Crippen LogP contribution in [0.3, 0.4) is 0 Å². The maximum atomic E-state index is 12.2. The van der Waals surface area contributed by atoms with Gasteiger partial charge in [-0.3, -0.25) is 4.79 Å². The number of halogens is 1. The summed E-state index contributed by atoms with van der Waals surface area (Å²) in [6.07, 6.45) is 5.82. The quantitative estimate of drug-likeness (QED) is 0.873. The predicted molar refractivity (Wildman–Crippen MR) is 74.6 cm³/mol. The molecule has 0 aliphatic heterocycles. The number of pyridine rings is 1. The van der Waals surface area contributed by atoms with Crippen molar-refractivity contribution >= 4 is 23.2 Å². The average Bonchev–Trinajstić information content (AvgIpc) is 3.11. The molecule has 0 saturated heterocycles. The molecule has 1 fully saturated rings. The van der Waals surface area contributed by atoms with E-state index in [0.29, 0.717) is 22.6 Å². The van der Waals surface area contributed by atoms with E-state index in [1.165, 1.54) is 0 Å². The van der Waals surface area contributed by atoms with Crippen LogP contribution in [0.2, 0.25) is 5.15 Å². The first-order valence-corrected chi connectivity index (χ1v) is 6.63. The SMILES string of the molecule is Cc1cc(NC(=O)c2cccn2C2CC2)cnc1Cl. The largest absolute Gasteiger partial charge is 0.340 e.